The molecular formula is C15H19FN4O. The molecule has 112 valence electrons. The van der Waals surface area contributed by atoms with E-state index < -0.39 is 0 Å². The van der Waals surface area contributed by atoms with Crippen LogP contribution < -0.4 is 5.32 Å². The molecule has 2 rings (SSSR count). The number of amides is 1. The van der Waals surface area contributed by atoms with E-state index in [9.17, 15) is 9.18 Å². The van der Waals surface area contributed by atoms with Gasteiger partial charge in [-0.05, 0) is 44.0 Å². The van der Waals surface area contributed by atoms with Crippen molar-refractivity contribution >= 4 is 5.91 Å². The third-order valence-electron chi connectivity index (χ3n) is 3.37. The van der Waals surface area contributed by atoms with E-state index in [4.69, 9.17) is 0 Å². The van der Waals surface area contributed by atoms with Crippen LogP contribution in [0.25, 0.3) is 0 Å². The molecule has 0 saturated carbocycles. The van der Waals surface area contributed by atoms with Crippen molar-refractivity contribution in [2.75, 3.05) is 0 Å². The Kier molecular flexibility index (Phi) is 4.67. The van der Waals surface area contributed by atoms with Gasteiger partial charge in [0.25, 0.3) is 0 Å². The van der Waals surface area contributed by atoms with Crippen LogP contribution in [0.4, 0.5) is 4.39 Å². The summed E-state index contributed by atoms with van der Waals surface area (Å²) in [5, 5.41) is 6.94. The quantitative estimate of drug-likeness (QED) is 0.918. The molecule has 1 heterocycles. The number of carbonyl (C=O) groups is 1. The number of rotatable bonds is 5. The van der Waals surface area contributed by atoms with Gasteiger partial charge in [0.2, 0.25) is 5.91 Å². The smallest absolute Gasteiger partial charge is 0.225 e. The predicted molar refractivity (Wildman–Crippen MR) is 77.1 cm³/mol. The fraction of sp³-hybridized carbons (Fsp3) is 0.400. The van der Waals surface area contributed by atoms with Crippen LogP contribution in [0.1, 0.15) is 36.8 Å². The van der Waals surface area contributed by atoms with Gasteiger partial charge < -0.3 is 5.32 Å². The fourth-order valence-electron chi connectivity index (χ4n) is 2.21. The number of nitrogens with one attached hydrogen (secondary N) is 1. The highest BCUT2D eigenvalue weighted by Crippen LogP contribution is 2.13. The fourth-order valence-corrected chi connectivity index (χ4v) is 2.21. The molecular weight excluding hydrogens is 271 g/mol. The molecule has 0 spiro atoms. The predicted octanol–water partition coefficient (Wildman–Crippen LogP) is 2.17. The second kappa shape index (κ2) is 6.47. The van der Waals surface area contributed by atoms with Gasteiger partial charge in [0.1, 0.15) is 18.0 Å². The van der Waals surface area contributed by atoms with Crippen LogP contribution >= 0.6 is 0 Å². The highest BCUT2D eigenvalue weighted by molar-refractivity contribution is 5.79. The Morgan fingerprint density at radius 2 is 2.24 bits per heavy atom. The Labute approximate surface area is 123 Å². The lowest BCUT2D eigenvalue weighted by Crippen LogP contribution is -2.30. The van der Waals surface area contributed by atoms with Crippen LogP contribution in [0.15, 0.2) is 24.5 Å². The number of aromatic nitrogens is 3. The SMILES string of the molecule is CCn1ncnc1C(C)NC(=O)Cc1cc(F)ccc1C. The second-order valence-electron chi connectivity index (χ2n) is 4.97. The molecule has 1 aromatic carbocycles. The van der Waals surface area contributed by atoms with E-state index in [0.29, 0.717) is 17.9 Å². The summed E-state index contributed by atoms with van der Waals surface area (Å²) in [6, 6.07) is 4.22. The zero-order valence-electron chi connectivity index (χ0n) is 12.4. The van der Waals surface area contributed by atoms with Crippen molar-refractivity contribution in [3.63, 3.8) is 0 Å². The molecule has 0 fully saturated rings. The van der Waals surface area contributed by atoms with Crippen LogP contribution in [-0.4, -0.2) is 20.7 Å². The van der Waals surface area contributed by atoms with Gasteiger partial charge in [0.05, 0.1) is 12.5 Å². The minimum atomic E-state index is -0.331. The van der Waals surface area contributed by atoms with Crippen LogP contribution in [0.3, 0.4) is 0 Å². The van der Waals surface area contributed by atoms with Crippen molar-refractivity contribution in [2.45, 2.75) is 39.8 Å². The van der Waals surface area contributed by atoms with Crippen LogP contribution in [-0.2, 0) is 17.8 Å². The average molecular weight is 290 g/mol. The van der Waals surface area contributed by atoms with Gasteiger partial charge in [-0.1, -0.05) is 6.07 Å². The summed E-state index contributed by atoms with van der Waals surface area (Å²) in [4.78, 5) is 16.2. The number of hydrogen-bond acceptors (Lipinski definition) is 3. The minimum Gasteiger partial charge on any atom is -0.346 e. The maximum Gasteiger partial charge on any atom is 0.225 e. The zero-order valence-corrected chi connectivity index (χ0v) is 12.4. The Balaban J connectivity index is 2.03. The van der Waals surface area contributed by atoms with Gasteiger partial charge in [-0.3, -0.25) is 4.79 Å². The maximum atomic E-state index is 13.2. The molecule has 1 aromatic heterocycles. The summed E-state index contributed by atoms with van der Waals surface area (Å²) in [5.41, 5.74) is 1.59. The van der Waals surface area contributed by atoms with E-state index in [-0.39, 0.29) is 24.2 Å². The first-order valence-electron chi connectivity index (χ1n) is 6.93. The summed E-state index contributed by atoms with van der Waals surface area (Å²) in [7, 11) is 0. The monoisotopic (exact) mass is 290 g/mol. The van der Waals surface area contributed by atoms with E-state index in [2.05, 4.69) is 15.4 Å². The van der Waals surface area contributed by atoms with Crippen molar-refractivity contribution < 1.29 is 9.18 Å². The van der Waals surface area contributed by atoms with Gasteiger partial charge in [0.15, 0.2) is 0 Å². The van der Waals surface area contributed by atoms with E-state index in [1.807, 2.05) is 20.8 Å². The van der Waals surface area contributed by atoms with Crippen molar-refractivity contribution in [1.29, 1.82) is 0 Å². The highest BCUT2D eigenvalue weighted by atomic mass is 19.1. The number of nitrogens with zero attached hydrogens (tertiary/aromatic N) is 3. The third kappa shape index (κ3) is 3.65. The normalized spacial score (nSPS) is 12.2. The van der Waals surface area contributed by atoms with Crippen molar-refractivity contribution in [1.82, 2.24) is 20.1 Å². The standard InChI is InChI=1S/C15H19FN4O/c1-4-20-15(17-9-18-20)11(3)19-14(21)8-12-7-13(16)6-5-10(12)2/h5-7,9,11H,4,8H2,1-3H3,(H,19,21). The Morgan fingerprint density at radius 3 is 2.95 bits per heavy atom. The van der Waals surface area contributed by atoms with E-state index in [1.54, 1.807) is 10.7 Å². The summed E-state index contributed by atoms with van der Waals surface area (Å²) in [6.07, 6.45) is 1.62. The van der Waals surface area contributed by atoms with Gasteiger partial charge in [0, 0.05) is 6.54 Å². The van der Waals surface area contributed by atoms with Gasteiger partial charge in [-0.2, -0.15) is 5.10 Å². The molecule has 1 atom stereocenters. The minimum absolute atomic E-state index is 0.147. The first-order chi connectivity index (χ1) is 10.0. The van der Waals surface area contributed by atoms with E-state index in [0.717, 1.165) is 5.56 Å². The Bertz CT molecular complexity index is 638. The Morgan fingerprint density at radius 1 is 1.48 bits per heavy atom. The van der Waals surface area contributed by atoms with E-state index in [1.165, 1.54) is 18.5 Å². The molecule has 2 aromatic rings. The van der Waals surface area contributed by atoms with Crippen molar-refractivity contribution in [3.8, 4) is 0 Å². The summed E-state index contributed by atoms with van der Waals surface area (Å²) < 4.78 is 15.0. The van der Waals surface area contributed by atoms with Gasteiger partial charge >= 0.3 is 0 Å². The molecule has 0 radical (unpaired) electrons. The molecule has 5 nitrogen and oxygen atoms in total. The third-order valence-corrected chi connectivity index (χ3v) is 3.37. The lowest BCUT2D eigenvalue weighted by Gasteiger charge is -2.14. The molecule has 0 aliphatic rings. The topological polar surface area (TPSA) is 59.8 Å². The summed E-state index contributed by atoms with van der Waals surface area (Å²) in [5.74, 6) is 0.214. The molecule has 1 N–H and O–H groups in total. The molecule has 21 heavy (non-hydrogen) atoms. The van der Waals surface area contributed by atoms with Crippen LogP contribution in [0.5, 0.6) is 0 Å². The largest absolute Gasteiger partial charge is 0.346 e. The number of halogens is 1. The first kappa shape index (κ1) is 15.2. The number of benzene rings is 1. The second-order valence-corrected chi connectivity index (χ2v) is 4.97. The van der Waals surface area contributed by atoms with Gasteiger partial charge in [-0.15, -0.1) is 0 Å². The average Bonchev–Trinajstić information content (AvgIpc) is 2.91. The molecule has 0 aliphatic heterocycles. The summed E-state index contributed by atoms with van der Waals surface area (Å²) in [6.45, 7) is 6.37. The van der Waals surface area contributed by atoms with E-state index >= 15 is 0 Å². The summed E-state index contributed by atoms with van der Waals surface area (Å²) >= 11 is 0. The number of hydrogen-bond donors (Lipinski definition) is 1. The number of carbonyl (C=O) groups excluding carboxylic acids is 1. The van der Waals surface area contributed by atoms with Crippen molar-refractivity contribution in [3.05, 3.63) is 47.3 Å². The van der Waals surface area contributed by atoms with Gasteiger partial charge in [-0.25, -0.2) is 14.1 Å². The van der Waals surface area contributed by atoms with Crippen LogP contribution in [0.2, 0.25) is 0 Å². The molecule has 1 unspecified atom stereocenters. The van der Waals surface area contributed by atoms with Crippen LogP contribution in [0, 0.1) is 12.7 Å². The molecule has 0 bridgehead atoms. The zero-order chi connectivity index (χ0) is 15.4. The van der Waals surface area contributed by atoms with Crippen molar-refractivity contribution in [2.24, 2.45) is 0 Å². The lowest BCUT2D eigenvalue weighted by atomic mass is 10.1. The molecule has 0 saturated heterocycles. The molecule has 1 amide bonds. The lowest BCUT2D eigenvalue weighted by molar-refractivity contribution is -0.121. The number of aryl methyl sites for hydroxylation is 2. The first-order valence-corrected chi connectivity index (χ1v) is 6.93. The molecule has 0 aliphatic carbocycles. The highest BCUT2D eigenvalue weighted by Gasteiger charge is 2.15. The molecule has 6 heteroatoms. The Hall–Kier alpha value is -2.24. The maximum absolute atomic E-state index is 13.2.